The third kappa shape index (κ3) is 3.15. The van der Waals surface area contributed by atoms with E-state index in [0.29, 0.717) is 6.61 Å². The van der Waals surface area contributed by atoms with E-state index in [9.17, 15) is 0 Å². The number of ether oxygens (including phenoxy) is 2. The minimum Gasteiger partial charge on any atom is -0.472 e. The van der Waals surface area contributed by atoms with Crippen LogP contribution >= 0.6 is 11.3 Å². The van der Waals surface area contributed by atoms with Gasteiger partial charge in [-0.2, -0.15) is 0 Å². The molecule has 0 aliphatic carbocycles. The number of nitrogens with zero attached hydrogens (tertiary/aromatic N) is 1. The molecule has 0 aromatic carbocycles. The van der Waals surface area contributed by atoms with Crippen LogP contribution in [0.1, 0.15) is 17.8 Å². The molecule has 4 nitrogen and oxygen atoms in total. The van der Waals surface area contributed by atoms with E-state index >= 15 is 0 Å². The molecular formula is C10H16N2O2S. The molecule has 1 aromatic rings. The van der Waals surface area contributed by atoms with Crippen LogP contribution < -0.4 is 10.1 Å². The Morgan fingerprint density at radius 1 is 1.67 bits per heavy atom. The fourth-order valence-electron chi connectivity index (χ4n) is 1.63. The van der Waals surface area contributed by atoms with Crippen molar-refractivity contribution in [2.24, 2.45) is 0 Å². The van der Waals surface area contributed by atoms with Crippen molar-refractivity contribution in [3.05, 3.63) is 10.4 Å². The molecule has 84 valence electrons. The molecule has 2 rings (SSSR count). The molecule has 0 saturated carbocycles. The Bertz CT molecular complexity index is 297. The second-order valence-corrected chi connectivity index (χ2v) is 4.54. The number of nitrogens with one attached hydrogen (secondary N) is 1. The smallest absolute Gasteiger partial charge is 0.225 e. The third-order valence-electron chi connectivity index (χ3n) is 2.34. The van der Waals surface area contributed by atoms with Crippen molar-refractivity contribution in [3.8, 4) is 5.88 Å². The second kappa shape index (κ2) is 5.44. The maximum Gasteiger partial charge on any atom is 0.225 e. The molecule has 1 atom stereocenters. The highest BCUT2D eigenvalue weighted by Gasteiger charge is 2.15. The quantitative estimate of drug-likeness (QED) is 0.846. The van der Waals surface area contributed by atoms with Gasteiger partial charge in [0, 0.05) is 13.7 Å². The van der Waals surface area contributed by atoms with Gasteiger partial charge in [-0.25, -0.2) is 4.98 Å². The third-order valence-corrected chi connectivity index (χ3v) is 3.14. The van der Waals surface area contributed by atoms with Gasteiger partial charge in [-0.1, -0.05) is 0 Å². The predicted molar refractivity (Wildman–Crippen MR) is 59.3 cm³/mol. The molecular weight excluding hydrogens is 212 g/mol. The summed E-state index contributed by atoms with van der Waals surface area (Å²) in [6.07, 6.45) is 2.57. The molecule has 0 radical (unpaired) electrons. The van der Waals surface area contributed by atoms with E-state index < -0.39 is 0 Å². The van der Waals surface area contributed by atoms with E-state index in [1.165, 1.54) is 6.42 Å². The summed E-state index contributed by atoms with van der Waals surface area (Å²) in [4.78, 5) is 4.34. The molecule has 5 heteroatoms. The van der Waals surface area contributed by atoms with Gasteiger partial charge in [-0.3, -0.25) is 0 Å². The lowest BCUT2D eigenvalue weighted by Crippen LogP contribution is -2.37. The van der Waals surface area contributed by atoms with E-state index in [2.05, 4.69) is 10.3 Å². The van der Waals surface area contributed by atoms with Crippen molar-refractivity contribution < 1.29 is 9.47 Å². The highest BCUT2D eigenvalue weighted by molar-refractivity contribution is 7.09. The van der Waals surface area contributed by atoms with Gasteiger partial charge in [0.05, 0.1) is 12.0 Å². The van der Waals surface area contributed by atoms with Crippen LogP contribution in [0.3, 0.4) is 0 Å². The largest absolute Gasteiger partial charge is 0.472 e. The molecule has 1 aliphatic rings. The van der Waals surface area contributed by atoms with E-state index in [-0.39, 0.29) is 6.10 Å². The van der Waals surface area contributed by atoms with Crippen molar-refractivity contribution in [2.45, 2.75) is 25.6 Å². The van der Waals surface area contributed by atoms with Gasteiger partial charge in [0.15, 0.2) is 0 Å². The molecule has 1 aliphatic heterocycles. The average molecular weight is 228 g/mol. The van der Waals surface area contributed by atoms with Crippen molar-refractivity contribution >= 4 is 11.3 Å². The zero-order valence-corrected chi connectivity index (χ0v) is 9.68. The molecule has 15 heavy (non-hydrogen) atoms. The number of aromatic nitrogens is 1. The monoisotopic (exact) mass is 228 g/mol. The zero-order valence-electron chi connectivity index (χ0n) is 8.86. The summed E-state index contributed by atoms with van der Waals surface area (Å²) in [5.74, 6) is 0.737. The second-order valence-electron chi connectivity index (χ2n) is 3.60. The van der Waals surface area contributed by atoms with E-state index in [0.717, 1.165) is 30.4 Å². The van der Waals surface area contributed by atoms with E-state index in [1.54, 1.807) is 18.4 Å². The van der Waals surface area contributed by atoms with Gasteiger partial charge in [0.25, 0.3) is 0 Å². The summed E-state index contributed by atoms with van der Waals surface area (Å²) in [6.45, 7) is 2.60. The maximum absolute atomic E-state index is 5.76. The zero-order chi connectivity index (χ0) is 10.5. The van der Waals surface area contributed by atoms with Gasteiger partial charge in [0.1, 0.15) is 11.1 Å². The molecule has 0 spiro atoms. The van der Waals surface area contributed by atoms with Gasteiger partial charge < -0.3 is 14.8 Å². The number of methoxy groups -OCH3 is 1. The summed E-state index contributed by atoms with van der Waals surface area (Å²) < 4.78 is 10.8. The number of rotatable bonds is 4. The number of hydrogen-bond acceptors (Lipinski definition) is 5. The van der Waals surface area contributed by atoms with E-state index in [4.69, 9.17) is 9.47 Å². The van der Waals surface area contributed by atoms with Gasteiger partial charge in [-0.05, 0) is 19.4 Å². The minimum atomic E-state index is 0.274. The number of thiazole rings is 1. The topological polar surface area (TPSA) is 43.4 Å². The van der Waals surface area contributed by atoms with Crippen molar-refractivity contribution in [1.82, 2.24) is 10.3 Å². The molecule has 1 saturated heterocycles. The van der Waals surface area contributed by atoms with Crippen molar-refractivity contribution in [2.75, 3.05) is 20.2 Å². The van der Waals surface area contributed by atoms with Crippen LogP contribution in [-0.4, -0.2) is 31.3 Å². The molecule has 0 bridgehead atoms. The fraction of sp³-hybridized carbons (Fsp3) is 0.700. The molecule has 1 fully saturated rings. The Morgan fingerprint density at radius 2 is 2.60 bits per heavy atom. The Labute approximate surface area is 93.6 Å². The summed E-state index contributed by atoms with van der Waals surface area (Å²) in [7, 11) is 1.67. The first kappa shape index (κ1) is 10.9. The summed E-state index contributed by atoms with van der Waals surface area (Å²) >= 11 is 1.58. The molecule has 1 unspecified atom stereocenters. The number of hydrogen-bond donors (Lipinski definition) is 1. The van der Waals surface area contributed by atoms with Crippen LogP contribution in [0.15, 0.2) is 5.38 Å². The van der Waals surface area contributed by atoms with Gasteiger partial charge in [-0.15, -0.1) is 11.3 Å². The number of piperidine rings is 1. The van der Waals surface area contributed by atoms with Gasteiger partial charge >= 0.3 is 0 Å². The van der Waals surface area contributed by atoms with Crippen LogP contribution in [0.2, 0.25) is 0 Å². The van der Waals surface area contributed by atoms with Crippen LogP contribution in [0.25, 0.3) is 0 Å². The summed E-state index contributed by atoms with van der Waals surface area (Å²) in [5.41, 5.74) is 0. The van der Waals surface area contributed by atoms with Crippen molar-refractivity contribution in [3.63, 3.8) is 0 Å². The SMILES string of the molecule is COCc1nc(OC2CCCNC2)cs1. The Hall–Kier alpha value is -0.650. The van der Waals surface area contributed by atoms with Crippen LogP contribution in [0.4, 0.5) is 0 Å². The molecule has 2 heterocycles. The lowest BCUT2D eigenvalue weighted by atomic mass is 10.1. The lowest BCUT2D eigenvalue weighted by molar-refractivity contribution is 0.158. The van der Waals surface area contributed by atoms with Crippen LogP contribution in [-0.2, 0) is 11.3 Å². The summed E-state index contributed by atoms with van der Waals surface area (Å²) in [6, 6.07) is 0. The highest BCUT2D eigenvalue weighted by Crippen LogP contribution is 2.19. The van der Waals surface area contributed by atoms with Crippen LogP contribution in [0, 0.1) is 0 Å². The first-order valence-electron chi connectivity index (χ1n) is 5.19. The predicted octanol–water partition coefficient (Wildman–Crippen LogP) is 1.42. The average Bonchev–Trinajstić information content (AvgIpc) is 2.68. The Morgan fingerprint density at radius 3 is 3.33 bits per heavy atom. The Balaban J connectivity index is 1.86. The lowest BCUT2D eigenvalue weighted by Gasteiger charge is -2.22. The van der Waals surface area contributed by atoms with Crippen LogP contribution in [0.5, 0.6) is 5.88 Å². The first-order valence-corrected chi connectivity index (χ1v) is 6.07. The Kier molecular flexibility index (Phi) is 3.94. The van der Waals surface area contributed by atoms with Gasteiger partial charge in [0.2, 0.25) is 5.88 Å². The molecule has 1 N–H and O–H groups in total. The minimum absolute atomic E-state index is 0.274. The van der Waals surface area contributed by atoms with E-state index in [1.807, 2.05) is 5.38 Å². The molecule has 0 amide bonds. The summed E-state index contributed by atoms with van der Waals surface area (Å²) in [5, 5.41) is 6.23. The fourth-order valence-corrected chi connectivity index (χ4v) is 2.30. The maximum atomic E-state index is 5.76. The standard InChI is InChI=1S/C10H16N2O2S/c1-13-6-10-12-9(7-15-10)14-8-3-2-4-11-5-8/h7-8,11H,2-6H2,1H3. The molecule has 1 aromatic heterocycles. The first-order chi connectivity index (χ1) is 7.38. The highest BCUT2D eigenvalue weighted by atomic mass is 32.1. The van der Waals surface area contributed by atoms with Crippen molar-refractivity contribution in [1.29, 1.82) is 0 Å². The normalized spacial score (nSPS) is 21.5.